The summed E-state index contributed by atoms with van der Waals surface area (Å²) in [6.45, 7) is 61.1. The van der Waals surface area contributed by atoms with Crippen molar-refractivity contribution >= 4 is 17.5 Å². The first-order valence-electron chi connectivity index (χ1n) is 38.4. The van der Waals surface area contributed by atoms with E-state index in [0.29, 0.717) is 111 Å². The summed E-state index contributed by atoms with van der Waals surface area (Å²) in [5.41, 5.74) is 5.94. The molecule has 8 heterocycles. The van der Waals surface area contributed by atoms with Gasteiger partial charge < -0.3 is 33.6 Å². The van der Waals surface area contributed by atoms with Gasteiger partial charge in [-0.05, 0) is 120 Å². The smallest absolute Gasteiger partial charge is 0.266 e. The summed E-state index contributed by atoms with van der Waals surface area (Å²) in [6.07, 6.45) is 9.52. The number of methoxy groups -OCH3 is 2. The molecule has 12 rings (SSSR count). The molecule has 4 aliphatic rings. The second kappa shape index (κ2) is 48.8. The highest BCUT2D eigenvalue weighted by molar-refractivity contribution is 6.40. The van der Waals surface area contributed by atoms with Gasteiger partial charge in [0.05, 0.1) is 16.9 Å². The van der Waals surface area contributed by atoms with E-state index < -0.39 is 11.6 Å². The molecule has 0 bridgehead atoms. The number of aryl methyl sites for hydroxylation is 4. The lowest BCUT2D eigenvalue weighted by Gasteiger charge is -2.44. The van der Waals surface area contributed by atoms with Crippen LogP contribution in [0.3, 0.4) is 0 Å². The van der Waals surface area contributed by atoms with Gasteiger partial charge in [-0.3, -0.25) is 34.0 Å². The number of carbonyl (C=O) groups is 2. The number of nitrogens with zero attached hydrogens (tertiary/aromatic N) is 14. The monoisotopic (exact) mass is 1540 g/mol. The molecule has 2 aliphatic heterocycles. The highest BCUT2D eigenvalue weighted by Gasteiger charge is 2.45. The van der Waals surface area contributed by atoms with E-state index in [0.717, 1.165) is 41.0 Å². The molecule has 8 aromatic rings. The average Bonchev–Trinajstić information content (AvgIpc) is 1.29. The van der Waals surface area contributed by atoms with Crippen LogP contribution in [0, 0.1) is 69.9 Å². The van der Waals surface area contributed by atoms with Gasteiger partial charge in [-0.15, -0.1) is 20.4 Å². The maximum atomic E-state index is 13.0. The first-order chi connectivity index (χ1) is 51.3. The minimum Gasteiger partial charge on any atom is -0.425 e. The lowest BCUT2D eigenvalue weighted by atomic mass is 9.72. The van der Waals surface area contributed by atoms with Crippen molar-refractivity contribution in [2.45, 2.75) is 298 Å². The second-order valence-electron chi connectivity index (χ2n) is 31.2. The number of rotatable bonds is 14. The van der Waals surface area contributed by atoms with Crippen molar-refractivity contribution in [2.75, 3.05) is 27.4 Å². The number of hydrogen-bond donors (Lipinski definition) is 4. The number of halogens is 2. The van der Waals surface area contributed by atoms with Crippen molar-refractivity contribution in [2.24, 2.45) is 35.7 Å². The Kier molecular flexibility index (Phi) is 44.1. The highest BCUT2D eigenvalue weighted by atomic mass is 19.1. The van der Waals surface area contributed by atoms with E-state index in [1.165, 1.54) is 63.1 Å². The van der Waals surface area contributed by atoms with E-state index in [1.54, 1.807) is 24.9 Å². The van der Waals surface area contributed by atoms with Crippen LogP contribution in [0.1, 0.15) is 327 Å². The second-order valence-corrected chi connectivity index (χ2v) is 31.2. The Morgan fingerprint density at radius 2 is 1.13 bits per heavy atom. The number of aromatic amines is 2. The van der Waals surface area contributed by atoms with E-state index in [4.69, 9.17) is 22.9 Å². The zero-order valence-electron chi connectivity index (χ0n) is 72.5. The summed E-state index contributed by atoms with van der Waals surface area (Å²) >= 11 is 0. The van der Waals surface area contributed by atoms with Crippen LogP contribution in [0.2, 0.25) is 0 Å². The fourth-order valence-corrected chi connectivity index (χ4v) is 10.5. The SMILES string of the molecule is CC(C)C1=NCNC1=O.CC(C)c1ncn[nH]1.CC(C)c1ncnn1C.CC(C)c1nn[nH]n1.CC1=C(C(C)C)C(=O)NC1.COC1(C(C)C)CC1.COC1(C(C)C)CCC1.Cc1c(C(C)C)c(=O)c1=O.Cc1c(F)cc(C(C)C)cc1F.Cc1cc(C(C)C)on1.Cc1nnc(C(C)C)o1.Cc1noc(C(C)C)n1. The zero-order valence-corrected chi connectivity index (χ0v) is 72.5. The third-order valence-corrected chi connectivity index (χ3v) is 18.1. The van der Waals surface area contributed by atoms with Crippen LogP contribution in [0.25, 0.3) is 0 Å². The molecule has 27 nitrogen and oxygen atoms in total. The molecule has 0 saturated heterocycles. The maximum Gasteiger partial charge on any atom is 0.266 e. The Bertz CT molecular complexity index is 3850. The highest BCUT2D eigenvalue weighted by Crippen LogP contribution is 2.45. The van der Waals surface area contributed by atoms with Gasteiger partial charge in [-0.2, -0.15) is 20.4 Å². The molecule has 2 saturated carbocycles. The number of hydrogen-bond acceptors (Lipinski definition) is 22. The zero-order chi connectivity index (χ0) is 84.2. The molecule has 6 aromatic heterocycles. The van der Waals surface area contributed by atoms with Crippen LogP contribution < -0.4 is 21.5 Å². The molecule has 29 heteroatoms. The van der Waals surface area contributed by atoms with Crippen LogP contribution in [0.15, 0.2) is 70.0 Å². The van der Waals surface area contributed by atoms with Crippen molar-refractivity contribution in [3.05, 3.63) is 149 Å². The average molecular weight is 1540 g/mol. The topological polar surface area (TPSA) is 354 Å². The van der Waals surface area contributed by atoms with E-state index >= 15 is 0 Å². The number of amides is 2. The molecule has 0 unspecified atom stereocenters. The molecule has 0 radical (unpaired) electrons. The van der Waals surface area contributed by atoms with Crippen molar-refractivity contribution in [3.8, 4) is 0 Å². The first-order valence-corrected chi connectivity index (χ1v) is 38.4. The number of tetrazole rings is 1. The van der Waals surface area contributed by atoms with Crippen LogP contribution in [-0.2, 0) is 26.1 Å². The van der Waals surface area contributed by atoms with Gasteiger partial charge in [0.2, 0.25) is 34.4 Å². The van der Waals surface area contributed by atoms with Crippen LogP contribution in [0.4, 0.5) is 8.78 Å². The normalized spacial score (nSPS) is 14.1. The van der Waals surface area contributed by atoms with E-state index in [1.807, 2.05) is 145 Å². The van der Waals surface area contributed by atoms with Crippen molar-refractivity contribution in [1.29, 1.82) is 0 Å². The molecule has 616 valence electrons. The summed E-state index contributed by atoms with van der Waals surface area (Å²) in [7, 11) is 5.55. The number of benzene rings is 1. The Labute approximate surface area is 652 Å². The van der Waals surface area contributed by atoms with Crippen LogP contribution in [0.5, 0.6) is 0 Å². The van der Waals surface area contributed by atoms with E-state index in [-0.39, 0.29) is 51.6 Å². The molecular weight excluding hydrogens is 1410 g/mol. The predicted octanol–water partition coefficient (Wildman–Crippen LogP) is 16.7. The fraction of sp³-hybridized carbons (Fsp3) is 0.667. The van der Waals surface area contributed by atoms with Crippen LogP contribution in [-0.4, -0.2) is 132 Å². The van der Waals surface area contributed by atoms with Gasteiger partial charge in [-0.25, -0.2) is 18.7 Å². The summed E-state index contributed by atoms with van der Waals surface area (Å²) in [5, 5.41) is 44.1. The third-order valence-electron chi connectivity index (χ3n) is 18.1. The molecule has 0 atom stereocenters. The molecular formula is C81H134F2N18O9. The molecule has 0 spiro atoms. The minimum atomic E-state index is -0.460. The van der Waals surface area contributed by atoms with Gasteiger partial charge in [-0.1, -0.05) is 182 Å². The van der Waals surface area contributed by atoms with Crippen molar-refractivity contribution in [1.82, 2.24) is 86.7 Å². The summed E-state index contributed by atoms with van der Waals surface area (Å²) in [4.78, 5) is 59.3. The number of H-pyrrole nitrogens is 2. The van der Waals surface area contributed by atoms with Crippen LogP contribution >= 0.6 is 0 Å². The van der Waals surface area contributed by atoms with Crippen molar-refractivity contribution in [3.63, 3.8) is 0 Å². The minimum absolute atomic E-state index is 0.00926. The number of aliphatic imine (C=N–C) groups is 1. The number of ether oxygens (including phenoxy) is 2. The lowest BCUT2D eigenvalue weighted by molar-refractivity contribution is -0.117. The Balaban J connectivity index is 0.000000601. The molecule has 2 aliphatic carbocycles. The van der Waals surface area contributed by atoms with Crippen molar-refractivity contribution < 1.29 is 41.3 Å². The fourth-order valence-electron chi connectivity index (χ4n) is 10.5. The summed E-state index contributed by atoms with van der Waals surface area (Å²) in [5.74, 6) is 10.5. The quantitative estimate of drug-likeness (QED) is 0.0735. The van der Waals surface area contributed by atoms with Gasteiger partial charge in [0.1, 0.15) is 54.1 Å². The molecule has 2 fully saturated rings. The summed E-state index contributed by atoms with van der Waals surface area (Å²) in [6, 6.07) is 4.75. The molecule has 4 N–H and O–H groups in total. The Hall–Kier alpha value is -8.73. The number of nitrogens with one attached hydrogen (secondary N) is 4. The number of carbonyl (C=O) groups excluding carboxylic acids is 2. The summed E-state index contributed by atoms with van der Waals surface area (Å²) < 4.78 is 53.4. The Morgan fingerprint density at radius 1 is 0.555 bits per heavy atom. The standard InChI is InChI=1S/C10H12F2.C8H13NO.C8H10O2.C8H16O.C7H11NO.C7H14O.C6H11N3.3C6H10N2O.C5H9N3.C4H8N4/c1-6(2)8-4-9(11)7(3)10(12)5-8;1-5(2)7-6(3)4-9-8(7)10;1-4(2)6-5(3)7(9)8(6)10;1-7(2)8(9-3)5-4-6-8;1-5(2)7-4-6(3)8-9-7;1-6(2)7(8-3)4-5-7;1-5(2)6-7-4-8-9(6)3;1-4(2)5-6(9)8-3-7-5;1-4(2)6-8-7-5(3)9-6;1-4(2)6-7-5(3)8-9-6;1-4(2)5-6-3-7-8-5;1-3(2)4-5-7-8-6-4/h4-6H,1-3H3;5H,4H2,1-3H3,(H,9,10);4H,1-3H3;7H,4-6H2,1-3H3;4-5H,1-3H3;6H,4-5H2,1-3H3;4-5H,1-3H3;4H,3H2,1-2H3,(H,8,9);2*4H,1-3H3;3-4H,1-2H3,(H,6,7,8);3H,1-2H3,(H,5,6,7,8). The molecule has 2 aromatic carbocycles. The van der Waals surface area contributed by atoms with Gasteiger partial charge in [0, 0.05) is 104 Å². The molecule has 110 heavy (non-hydrogen) atoms. The van der Waals surface area contributed by atoms with E-state index in [2.05, 4.69) is 156 Å². The lowest BCUT2D eigenvalue weighted by Crippen LogP contribution is -2.43. The maximum absolute atomic E-state index is 13.0. The Morgan fingerprint density at radius 3 is 1.33 bits per heavy atom. The molecule has 2 amide bonds. The number of aromatic nitrogens is 15. The first kappa shape index (κ1) is 99.3. The predicted molar refractivity (Wildman–Crippen MR) is 429 cm³/mol. The van der Waals surface area contributed by atoms with Gasteiger partial charge >= 0.3 is 0 Å². The largest absolute Gasteiger partial charge is 0.425 e. The van der Waals surface area contributed by atoms with E-state index in [9.17, 15) is 28.0 Å². The van der Waals surface area contributed by atoms with Gasteiger partial charge in [0.15, 0.2) is 11.6 Å². The van der Waals surface area contributed by atoms with Gasteiger partial charge in [0.25, 0.3) is 5.91 Å². The third kappa shape index (κ3) is 33.9.